The number of nitrogens with zero attached hydrogens (tertiary/aromatic N) is 1. The Bertz CT molecular complexity index is 1210. The maximum absolute atomic E-state index is 12.7. The molecule has 0 aromatic rings. The van der Waals surface area contributed by atoms with Gasteiger partial charge in [-0.25, -0.2) is 0 Å². The summed E-state index contributed by atoms with van der Waals surface area (Å²) >= 11 is 0. The molecule has 0 N–H and O–H groups in total. The van der Waals surface area contributed by atoms with Gasteiger partial charge in [0.1, 0.15) is 13.2 Å². The Balaban J connectivity index is 3.85. The minimum atomic E-state index is -1.61. The molecule has 0 spiro atoms. The molecular weight excluding hydrogens is 815 g/mol. The number of carbonyl (C=O) groups excluding carboxylic acids is 3. The van der Waals surface area contributed by atoms with Gasteiger partial charge in [-0.05, 0) is 51.4 Å². The van der Waals surface area contributed by atoms with Gasteiger partial charge in [-0.15, -0.1) is 0 Å². The number of ether oxygens (including phenoxy) is 4. The molecular formula is C56H101NO8. The van der Waals surface area contributed by atoms with E-state index < -0.39 is 24.3 Å². The Hall–Kier alpha value is -2.75. The van der Waals surface area contributed by atoms with Crippen LogP contribution in [0.4, 0.5) is 0 Å². The summed E-state index contributed by atoms with van der Waals surface area (Å²) in [7, 11) is 5.90. The zero-order valence-corrected chi connectivity index (χ0v) is 42.9. The quantitative estimate of drug-likeness (QED) is 0.0195. The van der Waals surface area contributed by atoms with Crippen LogP contribution >= 0.6 is 0 Å². The highest BCUT2D eigenvalue weighted by molar-refractivity contribution is 5.70. The van der Waals surface area contributed by atoms with Crippen LogP contribution in [0, 0.1) is 0 Å². The molecule has 9 heteroatoms. The summed E-state index contributed by atoms with van der Waals surface area (Å²) in [6.45, 7) is 4.55. The molecule has 0 saturated heterocycles. The highest BCUT2D eigenvalue weighted by atomic mass is 16.7. The van der Waals surface area contributed by atoms with Crippen LogP contribution in [0.25, 0.3) is 0 Å². The van der Waals surface area contributed by atoms with Crippen LogP contribution in [0.15, 0.2) is 48.6 Å². The third-order valence-corrected chi connectivity index (χ3v) is 11.6. The Morgan fingerprint density at radius 2 is 0.877 bits per heavy atom. The molecule has 0 amide bonds. The summed E-state index contributed by atoms with van der Waals surface area (Å²) in [6, 6.07) is 0. The average Bonchev–Trinajstić information content (AvgIpc) is 3.27. The van der Waals surface area contributed by atoms with Gasteiger partial charge >= 0.3 is 11.9 Å². The first-order valence-corrected chi connectivity index (χ1v) is 26.8. The number of hydrogen-bond acceptors (Lipinski definition) is 8. The minimum Gasteiger partial charge on any atom is -0.545 e. The maximum Gasteiger partial charge on any atom is 0.306 e. The van der Waals surface area contributed by atoms with E-state index in [1.165, 1.54) is 128 Å². The fraction of sp³-hybridized carbons (Fsp3) is 0.804. The second-order valence-electron chi connectivity index (χ2n) is 19.1. The molecule has 2 unspecified atom stereocenters. The largest absolute Gasteiger partial charge is 0.545 e. The maximum atomic E-state index is 12.7. The van der Waals surface area contributed by atoms with Crippen molar-refractivity contribution < 1.29 is 42.9 Å². The Morgan fingerprint density at radius 3 is 1.31 bits per heavy atom. The Kier molecular flexibility index (Phi) is 45.7. The molecule has 0 heterocycles. The lowest BCUT2D eigenvalue weighted by atomic mass is 10.0. The molecule has 0 rings (SSSR count). The summed E-state index contributed by atoms with van der Waals surface area (Å²) in [5.41, 5.74) is 0. The van der Waals surface area contributed by atoms with Crippen LogP contribution in [-0.4, -0.2) is 82.3 Å². The van der Waals surface area contributed by atoms with Gasteiger partial charge in [-0.2, -0.15) is 0 Å². The van der Waals surface area contributed by atoms with Crippen molar-refractivity contribution in [3.63, 3.8) is 0 Å². The summed E-state index contributed by atoms with van der Waals surface area (Å²) in [5.74, 6) is -2.29. The summed E-state index contributed by atoms with van der Waals surface area (Å²) in [6.07, 6.45) is 55.2. The summed E-state index contributed by atoms with van der Waals surface area (Å²) in [4.78, 5) is 36.7. The van der Waals surface area contributed by atoms with Gasteiger partial charge in [0, 0.05) is 12.8 Å². The van der Waals surface area contributed by atoms with Gasteiger partial charge in [0.15, 0.2) is 12.4 Å². The number of carboxylic acids is 1. The van der Waals surface area contributed by atoms with Gasteiger partial charge in [0.2, 0.25) is 0 Å². The van der Waals surface area contributed by atoms with E-state index in [9.17, 15) is 19.5 Å². The lowest BCUT2D eigenvalue weighted by Crippen LogP contribution is -2.44. The third kappa shape index (κ3) is 49.0. The zero-order valence-electron chi connectivity index (χ0n) is 42.9. The lowest BCUT2D eigenvalue weighted by molar-refractivity contribution is -0.870. The minimum absolute atomic E-state index is 0.149. The molecule has 0 fully saturated rings. The Labute approximate surface area is 400 Å². The number of carboxylic acid groups (broad SMARTS) is 1. The fourth-order valence-electron chi connectivity index (χ4n) is 7.47. The molecule has 9 nitrogen and oxygen atoms in total. The topological polar surface area (TPSA) is 111 Å². The van der Waals surface area contributed by atoms with Crippen molar-refractivity contribution in [2.75, 3.05) is 47.5 Å². The number of likely N-dealkylation sites (N-methyl/N-ethyl adjacent to an activating group) is 1. The van der Waals surface area contributed by atoms with Crippen molar-refractivity contribution in [2.24, 2.45) is 0 Å². The van der Waals surface area contributed by atoms with Crippen molar-refractivity contribution in [3.8, 4) is 0 Å². The SMILES string of the molecule is CC/C=C\C/C=C\C/C=C\C/C=C\CCCCCCCCCCCCCCCCCCCCCCCCC(=O)OC(COC(=O)CCCCCCC)COC(OCC[N+](C)(C)C)C(=O)[O-]. The zero-order chi connectivity index (χ0) is 47.7. The van der Waals surface area contributed by atoms with Crippen LogP contribution in [0.3, 0.4) is 0 Å². The van der Waals surface area contributed by atoms with Crippen molar-refractivity contribution in [1.29, 1.82) is 0 Å². The lowest BCUT2D eigenvalue weighted by Gasteiger charge is -2.26. The molecule has 0 aromatic heterocycles. The van der Waals surface area contributed by atoms with Crippen LogP contribution < -0.4 is 5.11 Å². The van der Waals surface area contributed by atoms with Gasteiger partial charge in [0.25, 0.3) is 0 Å². The van der Waals surface area contributed by atoms with Gasteiger partial charge in [-0.1, -0.05) is 217 Å². The smallest absolute Gasteiger partial charge is 0.306 e. The van der Waals surface area contributed by atoms with E-state index >= 15 is 0 Å². The molecule has 2 atom stereocenters. The molecule has 0 radical (unpaired) electrons. The monoisotopic (exact) mass is 916 g/mol. The van der Waals surface area contributed by atoms with Crippen LogP contribution in [0.1, 0.15) is 232 Å². The molecule has 0 aromatic carbocycles. The van der Waals surface area contributed by atoms with Crippen LogP contribution in [0.5, 0.6) is 0 Å². The number of unbranched alkanes of at least 4 members (excludes halogenated alkanes) is 26. The molecule has 0 aliphatic carbocycles. The van der Waals surface area contributed by atoms with E-state index in [2.05, 4.69) is 62.5 Å². The van der Waals surface area contributed by atoms with Crippen molar-refractivity contribution in [2.45, 2.75) is 245 Å². The van der Waals surface area contributed by atoms with Gasteiger partial charge < -0.3 is 33.3 Å². The van der Waals surface area contributed by atoms with Gasteiger partial charge in [-0.3, -0.25) is 9.59 Å². The number of aliphatic carboxylic acids is 1. The fourth-order valence-corrected chi connectivity index (χ4v) is 7.47. The number of quaternary nitrogens is 1. The van der Waals surface area contributed by atoms with Gasteiger partial charge in [0.05, 0.1) is 40.3 Å². The number of rotatable bonds is 49. The number of allylic oxidation sites excluding steroid dienone is 8. The van der Waals surface area contributed by atoms with E-state index in [-0.39, 0.29) is 38.6 Å². The standard InChI is InChI=1S/C56H101NO8/c1-6-8-10-12-13-14-15-16-17-18-19-20-21-22-23-24-25-26-27-28-29-30-31-32-33-34-35-36-37-38-39-40-41-43-45-47-54(59)65-52(50-63-53(58)46-44-42-11-9-7-2)51-64-56(55(60)61)62-49-48-57(3,4)5/h8,10,13-14,16-17,19-20,52,56H,6-7,9,11-12,15,18,21-51H2,1-5H3/b10-8-,14-13-,17-16-,20-19-. The number of carbonyl (C=O) groups is 3. The highest BCUT2D eigenvalue weighted by Gasteiger charge is 2.22. The molecule has 0 aliphatic heterocycles. The van der Waals surface area contributed by atoms with E-state index in [0.717, 1.165) is 70.6 Å². The van der Waals surface area contributed by atoms with Crippen LogP contribution in [0.2, 0.25) is 0 Å². The normalized spacial score (nSPS) is 13.2. The third-order valence-electron chi connectivity index (χ3n) is 11.6. The second kappa shape index (κ2) is 47.7. The summed E-state index contributed by atoms with van der Waals surface area (Å²) < 4.78 is 22.4. The van der Waals surface area contributed by atoms with Crippen LogP contribution in [-0.2, 0) is 33.3 Å². The van der Waals surface area contributed by atoms with E-state index in [4.69, 9.17) is 18.9 Å². The van der Waals surface area contributed by atoms with Crippen molar-refractivity contribution in [3.05, 3.63) is 48.6 Å². The Morgan fingerprint density at radius 1 is 0.477 bits per heavy atom. The van der Waals surface area contributed by atoms with Crippen molar-refractivity contribution in [1.82, 2.24) is 0 Å². The molecule has 0 bridgehead atoms. The molecule has 0 saturated carbocycles. The highest BCUT2D eigenvalue weighted by Crippen LogP contribution is 2.17. The molecule has 65 heavy (non-hydrogen) atoms. The van der Waals surface area contributed by atoms with E-state index in [0.29, 0.717) is 17.4 Å². The summed E-state index contributed by atoms with van der Waals surface area (Å²) in [5, 5.41) is 11.7. The average molecular weight is 916 g/mol. The first kappa shape index (κ1) is 62.2. The van der Waals surface area contributed by atoms with Crippen molar-refractivity contribution >= 4 is 17.9 Å². The second-order valence-corrected chi connectivity index (χ2v) is 19.1. The number of esters is 2. The molecule has 0 aliphatic rings. The number of hydrogen-bond donors (Lipinski definition) is 0. The predicted molar refractivity (Wildman–Crippen MR) is 269 cm³/mol. The first-order valence-electron chi connectivity index (χ1n) is 26.8. The van der Waals surface area contributed by atoms with E-state index in [1.807, 2.05) is 21.1 Å². The predicted octanol–water partition coefficient (Wildman–Crippen LogP) is 13.8. The molecule has 378 valence electrons. The first-order chi connectivity index (χ1) is 31.6. The van der Waals surface area contributed by atoms with E-state index in [1.54, 1.807) is 0 Å².